The Morgan fingerprint density at radius 1 is 1.24 bits per heavy atom. The number of benzene rings is 1. The minimum atomic E-state index is 0.158. The lowest BCUT2D eigenvalue weighted by molar-refractivity contribution is -0.125. The van der Waals surface area contributed by atoms with Crippen LogP contribution >= 0.6 is 0 Å². The lowest BCUT2D eigenvalue weighted by Gasteiger charge is -2.12. The number of nitrogens with two attached hydrogens (primary N) is 2. The van der Waals surface area contributed by atoms with Gasteiger partial charge in [0.15, 0.2) is 0 Å². The van der Waals surface area contributed by atoms with Crippen molar-refractivity contribution in [3.05, 3.63) is 59.8 Å². The van der Waals surface area contributed by atoms with Gasteiger partial charge >= 0.3 is 0 Å². The van der Waals surface area contributed by atoms with E-state index in [4.69, 9.17) is 11.5 Å². The van der Waals surface area contributed by atoms with Crippen LogP contribution < -0.4 is 11.5 Å². The number of amides is 1. The number of phenolic OH excluding ortho intramolecular Hbond substituents is 1. The third-order valence-corrected chi connectivity index (χ3v) is 4.49. The molecule has 6 N–H and O–H groups in total. The summed E-state index contributed by atoms with van der Waals surface area (Å²) in [7, 11) is 3.98. The van der Waals surface area contributed by atoms with Crippen LogP contribution in [0.2, 0.25) is 0 Å². The molecule has 1 aliphatic heterocycles. The van der Waals surface area contributed by atoms with Crippen LogP contribution in [0, 0.1) is 0 Å². The van der Waals surface area contributed by atoms with Crippen molar-refractivity contribution >= 4 is 23.5 Å². The number of H-pyrrole nitrogens is 1. The summed E-state index contributed by atoms with van der Waals surface area (Å²) in [6, 6.07) is 8.73. The molecule has 1 saturated heterocycles. The molecule has 0 aliphatic carbocycles. The minimum absolute atomic E-state index is 0.158. The Bertz CT molecular complexity index is 848. The number of nitrogens with one attached hydrogen (secondary N) is 1. The van der Waals surface area contributed by atoms with Gasteiger partial charge in [0, 0.05) is 48.7 Å². The van der Waals surface area contributed by atoms with Crippen molar-refractivity contribution in [2.24, 2.45) is 5.73 Å². The molecule has 29 heavy (non-hydrogen) atoms. The molecule has 3 rings (SSSR count). The molecule has 0 saturated carbocycles. The molecule has 0 unspecified atom stereocenters. The number of aromatic nitrogens is 1. The summed E-state index contributed by atoms with van der Waals surface area (Å²) in [5, 5.41) is 9.62. The number of likely N-dealkylation sites (tertiary alicyclic amines) is 1. The number of rotatable bonds is 5. The number of phenols is 1. The van der Waals surface area contributed by atoms with Crippen LogP contribution in [0.4, 0.5) is 5.82 Å². The molecule has 0 radical (unpaired) electrons. The van der Waals surface area contributed by atoms with Crippen molar-refractivity contribution in [1.29, 1.82) is 0 Å². The lowest BCUT2D eigenvalue weighted by Crippen LogP contribution is -2.25. The van der Waals surface area contributed by atoms with Crippen LogP contribution in [0.5, 0.6) is 5.75 Å². The van der Waals surface area contributed by atoms with Gasteiger partial charge in [0.25, 0.3) is 0 Å². The summed E-state index contributed by atoms with van der Waals surface area (Å²) < 4.78 is 0. The average Bonchev–Trinajstić information content (AvgIpc) is 3.35. The number of likely N-dealkylation sites (N-methyl/N-ethyl adjacent to an activating group) is 1. The molecule has 2 heterocycles. The van der Waals surface area contributed by atoms with E-state index in [1.54, 1.807) is 36.5 Å². The highest BCUT2D eigenvalue weighted by Crippen LogP contribution is 2.24. The van der Waals surface area contributed by atoms with Gasteiger partial charge in [-0.25, -0.2) is 0 Å². The number of hydrogen-bond donors (Lipinski definition) is 4. The van der Waals surface area contributed by atoms with E-state index in [9.17, 15) is 9.90 Å². The number of hydrogen-bond acceptors (Lipinski definition) is 5. The second kappa shape index (κ2) is 11.0. The maximum absolute atomic E-state index is 11.4. The third-order valence-electron chi connectivity index (χ3n) is 4.49. The van der Waals surface area contributed by atoms with E-state index in [2.05, 4.69) is 4.98 Å². The summed E-state index contributed by atoms with van der Waals surface area (Å²) >= 11 is 0. The average molecular weight is 398 g/mol. The maximum Gasteiger partial charge on any atom is 0.246 e. The second-order valence-electron chi connectivity index (χ2n) is 7.16. The number of nitrogen functional groups attached to an aromatic ring is 1. The molecule has 2 aromatic rings. The molecule has 7 heteroatoms. The van der Waals surface area contributed by atoms with Gasteiger partial charge in [0.05, 0.1) is 0 Å². The van der Waals surface area contributed by atoms with Crippen LogP contribution in [0.25, 0.3) is 11.8 Å². The van der Waals surface area contributed by atoms with Crippen molar-refractivity contribution < 1.29 is 9.90 Å². The molecule has 0 bridgehead atoms. The van der Waals surface area contributed by atoms with Crippen LogP contribution in [0.3, 0.4) is 0 Å². The fourth-order valence-electron chi connectivity index (χ4n) is 2.89. The summed E-state index contributed by atoms with van der Waals surface area (Å²) in [6.45, 7) is 2.70. The number of nitrogens with zero attached hydrogens (tertiary/aromatic N) is 2. The SMILES string of the molecule is CN(C)C/C=C/C(=O)N1CCCC1.N/C(=C\c1cc[nH]c1N)c1ccccc1O. The Morgan fingerprint density at radius 3 is 2.52 bits per heavy atom. The van der Waals surface area contributed by atoms with E-state index >= 15 is 0 Å². The Hall–Kier alpha value is -3.19. The lowest BCUT2D eigenvalue weighted by atomic mass is 10.1. The first-order valence-corrected chi connectivity index (χ1v) is 9.67. The Kier molecular flexibility index (Phi) is 8.36. The smallest absolute Gasteiger partial charge is 0.246 e. The van der Waals surface area contributed by atoms with Gasteiger partial charge in [-0.1, -0.05) is 18.2 Å². The number of aromatic hydroxyl groups is 1. The van der Waals surface area contributed by atoms with E-state index in [1.807, 2.05) is 42.1 Å². The first-order chi connectivity index (χ1) is 13.9. The van der Waals surface area contributed by atoms with Crippen molar-refractivity contribution in [3.63, 3.8) is 0 Å². The predicted molar refractivity (Wildman–Crippen MR) is 119 cm³/mol. The first kappa shape index (κ1) is 22.1. The molecular weight excluding hydrogens is 366 g/mol. The normalized spacial score (nSPS) is 14.3. The third kappa shape index (κ3) is 7.04. The topological polar surface area (TPSA) is 112 Å². The molecule has 1 aromatic carbocycles. The standard InChI is InChI=1S/C12H13N3O.C10H18N2O/c13-10(7-8-5-6-15-12(8)14)9-3-1-2-4-11(9)16;1-11(2)7-5-6-10(13)12-8-3-4-9-12/h1-7,15-16H,13-14H2;5-6H,3-4,7-9H2,1-2H3/b10-7-;6-5+. The number of anilines is 1. The van der Waals surface area contributed by atoms with E-state index < -0.39 is 0 Å². The van der Waals surface area contributed by atoms with Crippen LogP contribution in [0.1, 0.15) is 24.0 Å². The van der Waals surface area contributed by atoms with Gasteiger partial charge in [0.1, 0.15) is 11.6 Å². The van der Waals surface area contributed by atoms with Gasteiger partial charge in [0.2, 0.25) is 5.91 Å². The van der Waals surface area contributed by atoms with Gasteiger partial charge in [-0.05, 0) is 51.2 Å². The fraction of sp³-hybridized carbons (Fsp3) is 0.318. The molecule has 0 spiro atoms. The highest BCUT2D eigenvalue weighted by molar-refractivity contribution is 5.87. The summed E-state index contributed by atoms with van der Waals surface area (Å²) in [6.07, 6.45) is 9.38. The monoisotopic (exact) mass is 397 g/mol. The number of para-hydroxylation sites is 1. The quantitative estimate of drug-likeness (QED) is 0.579. The Labute approximate surface area is 172 Å². The number of aromatic amines is 1. The van der Waals surface area contributed by atoms with Crippen LogP contribution in [-0.2, 0) is 4.79 Å². The zero-order chi connectivity index (χ0) is 21.2. The molecular formula is C22H31N5O2. The Morgan fingerprint density at radius 2 is 1.93 bits per heavy atom. The van der Waals surface area contributed by atoms with E-state index in [0.29, 0.717) is 17.1 Å². The van der Waals surface area contributed by atoms with Crippen molar-refractivity contribution in [2.45, 2.75) is 12.8 Å². The van der Waals surface area contributed by atoms with Gasteiger partial charge in [-0.3, -0.25) is 4.79 Å². The highest BCUT2D eigenvalue weighted by atomic mass is 16.3. The maximum atomic E-state index is 11.4. The molecule has 1 fully saturated rings. The zero-order valence-electron chi connectivity index (χ0n) is 17.1. The van der Waals surface area contributed by atoms with Crippen molar-refractivity contribution in [2.75, 3.05) is 39.5 Å². The molecule has 1 aromatic heterocycles. The molecule has 0 atom stereocenters. The van der Waals surface area contributed by atoms with E-state index in [1.165, 1.54) is 0 Å². The summed E-state index contributed by atoms with van der Waals surface area (Å²) in [5.41, 5.74) is 13.5. The number of carbonyl (C=O) groups excluding carboxylic acids is 1. The fourth-order valence-corrected chi connectivity index (χ4v) is 2.89. The summed E-state index contributed by atoms with van der Waals surface area (Å²) in [5.74, 6) is 0.878. The molecule has 7 nitrogen and oxygen atoms in total. The first-order valence-electron chi connectivity index (χ1n) is 9.67. The largest absolute Gasteiger partial charge is 0.507 e. The zero-order valence-corrected chi connectivity index (χ0v) is 17.1. The predicted octanol–water partition coefficient (Wildman–Crippen LogP) is 2.49. The van der Waals surface area contributed by atoms with Crippen LogP contribution in [-0.4, -0.2) is 59.5 Å². The van der Waals surface area contributed by atoms with Gasteiger partial charge in [-0.15, -0.1) is 0 Å². The molecule has 1 aliphatic rings. The van der Waals surface area contributed by atoms with Gasteiger partial charge < -0.3 is 31.4 Å². The highest BCUT2D eigenvalue weighted by Gasteiger charge is 2.14. The molecule has 156 valence electrons. The van der Waals surface area contributed by atoms with Gasteiger partial charge in [-0.2, -0.15) is 0 Å². The van der Waals surface area contributed by atoms with E-state index in [-0.39, 0.29) is 11.7 Å². The van der Waals surface area contributed by atoms with E-state index in [0.717, 1.165) is 38.0 Å². The second-order valence-corrected chi connectivity index (χ2v) is 7.16. The van der Waals surface area contributed by atoms with Crippen molar-refractivity contribution in [1.82, 2.24) is 14.8 Å². The molecule has 1 amide bonds. The summed E-state index contributed by atoms with van der Waals surface area (Å²) in [4.78, 5) is 18.2. The number of carbonyl (C=O) groups is 1. The van der Waals surface area contributed by atoms with Crippen molar-refractivity contribution in [3.8, 4) is 5.75 Å². The van der Waals surface area contributed by atoms with Crippen LogP contribution in [0.15, 0.2) is 48.7 Å². The Balaban J connectivity index is 0.000000212. The minimum Gasteiger partial charge on any atom is -0.507 e.